The number of amides is 1. The number of ether oxygens (including phenoxy) is 1. The molecule has 1 aromatic heterocycles. The predicted molar refractivity (Wildman–Crippen MR) is 83.2 cm³/mol. The predicted octanol–water partition coefficient (Wildman–Crippen LogP) is 3.13. The number of hydrogen-bond acceptors (Lipinski definition) is 5. The van der Waals surface area contributed by atoms with Gasteiger partial charge in [0.25, 0.3) is 5.91 Å². The molecule has 1 aromatic rings. The van der Waals surface area contributed by atoms with Crippen LogP contribution in [0, 0.1) is 0 Å². The Hall–Kier alpha value is -0.690. The second-order valence-electron chi connectivity index (χ2n) is 4.44. The van der Waals surface area contributed by atoms with Gasteiger partial charge in [-0.15, -0.1) is 11.3 Å². The first-order valence-corrected chi connectivity index (χ1v) is 8.25. The Morgan fingerprint density at radius 1 is 1.58 bits per heavy atom. The van der Waals surface area contributed by atoms with Gasteiger partial charge < -0.3 is 4.74 Å². The molecule has 0 radical (unpaired) electrons. The van der Waals surface area contributed by atoms with Gasteiger partial charge in [0.15, 0.2) is 0 Å². The van der Waals surface area contributed by atoms with E-state index in [9.17, 15) is 4.79 Å². The van der Waals surface area contributed by atoms with E-state index in [2.05, 4.69) is 0 Å². The van der Waals surface area contributed by atoms with Crippen molar-refractivity contribution in [3.8, 4) is 0 Å². The summed E-state index contributed by atoms with van der Waals surface area (Å²) in [5.41, 5.74) is 0. The van der Waals surface area contributed by atoms with Crippen LogP contribution < -0.4 is 0 Å². The van der Waals surface area contributed by atoms with Crippen LogP contribution in [0.4, 0.5) is 0 Å². The molecule has 3 nitrogen and oxygen atoms in total. The molecular weight excluding hydrogens is 298 g/mol. The van der Waals surface area contributed by atoms with Crippen LogP contribution in [-0.2, 0) is 9.53 Å². The Bertz CT molecular complexity index is 518. The fourth-order valence-corrected chi connectivity index (χ4v) is 4.15. The van der Waals surface area contributed by atoms with Gasteiger partial charge in [-0.3, -0.25) is 9.69 Å². The van der Waals surface area contributed by atoms with E-state index in [-0.39, 0.29) is 12.0 Å². The van der Waals surface area contributed by atoms with E-state index in [1.54, 1.807) is 16.2 Å². The minimum atomic E-state index is 0.0129. The molecule has 100 valence electrons. The second-order valence-corrected chi connectivity index (χ2v) is 7.10. The van der Waals surface area contributed by atoms with Crippen molar-refractivity contribution in [2.75, 3.05) is 13.2 Å². The van der Waals surface area contributed by atoms with Gasteiger partial charge in [0.2, 0.25) is 0 Å². The summed E-state index contributed by atoms with van der Waals surface area (Å²) in [6.45, 7) is 1.39. The van der Waals surface area contributed by atoms with Crippen molar-refractivity contribution in [2.45, 2.75) is 18.9 Å². The van der Waals surface area contributed by atoms with Crippen LogP contribution in [0.2, 0.25) is 0 Å². The third kappa shape index (κ3) is 2.91. The number of carbonyl (C=O) groups excluding carboxylic acids is 1. The van der Waals surface area contributed by atoms with Crippen LogP contribution in [0.15, 0.2) is 22.4 Å². The zero-order valence-electron chi connectivity index (χ0n) is 10.2. The van der Waals surface area contributed by atoms with Crippen molar-refractivity contribution >= 4 is 51.6 Å². The summed E-state index contributed by atoms with van der Waals surface area (Å²) < 4.78 is 6.21. The number of thioether (sulfide) groups is 1. The molecule has 0 spiro atoms. The highest BCUT2D eigenvalue weighted by atomic mass is 32.2. The Morgan fingerprint density at radius 2 is 2.47 bits per heavy atom. The molecule has 3 heterocycles. The molecule has 3 rings (SSSR count). The van der Waals surface area contributed by atoms with Crippen molar-refractivity contribution in [1.29, 1.82) is 0 Å². The molecule has 0 N–H and O–H groups in total. The first-order chi connectivity index (χ1) is 9.24. The maximum atomic E-state index is 12.3. The summed E-state index contributed by atoms with van der Waals surface area (Å²) in [6.07, 6.45) is 4.15. The fraction of sp³-hybridized carbons (Fsp3) is 0.385. The number of hydrogen-bond donors (Lipinski definition) is 0. The molecule has 1 atom stereocenters. The van der Waals surface area contributed by atoms with E-state index >= 15 is 0 Å². The summed E-state index contributed by atoms with van der Waals surface area (Å²) in [7, 11) is 0. The summed E-state index contributed by atoms with van der Waals surface area (Å²) >= 11 is 8.30. The molecule has 0 bridgehead atoms. The first kappa shape index (κ1) is 13.3. The number of nitrogens with zero attached hydrogens (tertiary/aromatic N) is 1. The number of thiocarbonyl (C=S) groups is 1. The lowest BCUT2D eigenvalue weighted by Crippen LogP contribution is -2.35. The molecule has 6 heteroatoms. The SMILES string of the molecule is O=C1/C(=C\c2cccs2)SC(=S)N1CC1CCCO1. The van der Waals surface area contributed by atoms with Gasteiger partial charge in [-0.1, -0.05) is 30.0 Å². The highest BCUT2D eigenvalue weighted by molar-refractivity contribution is 8.26. The van der Waals surface area contributed by atoms with Gasteiger partial charge >= 0.3 is 0 Å². The van der Waals surface area contributed by atoms with Crippen molar-refractivity contribution < 1.29 is 9.53 Å². The molecule has 1 unspecified atom stereocenters. The smallest absolute Gasteiger partial charge is 0.266 e. The fourth-order valence-electron chi connectivity index (χ4n) is 2.15. The number of thiophene rings is 1. The van der Waals surface area contributed by atoms with Crippen LogP contribution in [-0.4, -0.2) is 34.4 Å². The van der Waals surface area contributed by atoms with Gasteiger partial charge in [-0.25, -0.2) is 0 Å². The molecule has 0 aliphatic carbocycles. The van der Waals surface area contributed by atoms with Gasteiger partial charge in [0, 0.05) is 11.5 Å². The van der Waals surface area contributed by atoms with E-state index < -0.39 is 0 Å². The maximum Gasteiger partial charge on any atom is 0.266 e. The average Bonchev–Trinajstić information content (AvgIpc) is 3.10. The van der Waals surface area contributed by atoms with Crippen molar-refractivity contribution in [2.24, 2.45) is 0 Å². The Kier molecular flexibility index (Phi) is 4.02. The van der Waals surface area contributed by atoms with Crippen LogP contribution in [0.5, 0.6) is 0 Å². The van der Waals surface area contributed by atoms with Crippen molar-refractivity contribution in [3.63, 3.8) is 0 Å². The lowest BCUT2D eigenvalue weighted by atomic mass is 10.2. The largest absolute Gasteiger partial charge is 0.376 e. The zero-order valence-corrected chi connectivity index (χ0v) is 12.7. The quantitative estimate of drug-likeness (QED) is 0.633. The molecular formula is C13H13NO2S3. The van der Waals surface area contributed by atoms with Gasteiger partial charge in [-0.2, -0.15) is 0 Å². The minimum absolute atomic E-state index is 0.0129. The standard InChI is InChI=1S/C13H13NO2S3/c15-12-11(7-10-4-2-6-18-10)19-13(17)14(12)8-9-3-1-5-16-9/h2,4,6-7,9H,1,3,5,8H2/b11-7+. The van der Waals surface area contributed by atoms with Gasteiger partial charge in [0.05, 0.1) is 17.6 Å². The van der Waals surface area contributed by atoms with E-state index in [1.807, 2.05) is 23.6 Å². The van der Waals surface area contributed by atoms with Crippen LogP contribution in [0.25, 0.3) is 6.08 Å². The lowest BCUT2D eigenvalue weighted by molar-refractivity contribution is -0.123. The molecule has 2 aliphatic rings. The Morgan fingerprint density at radius 3 is 3.16 bits per heavy atom. The van der Waals surface area contributed by atoms with Crippen molar-refractivity contribution in [3.05, 3.63) is 27.3 Å². The van der Waals surface area contributed by atoms with E-state index in [0.29, 0.717) is 15.8 Å². The lowest BCUT2D eigenvalue weighted by Gasteiger charge is -2.18. The molecule has 2 aliphatic heterocycles. The summed E-state index contributed by atoms with van der Waals surface area (Å²) in [4.78, 5) is 15.8. The van der Waals surface area contributed by atoms with Crippen LogP contribution >= 0.6 is 35.3 Å². The second kappa shape index (κ2) is 5.75. The Balaban J connectivity index is 1.73. The van der Waals surface area contributed by atoms with Crippen LogP contribution in [0.1, 0.15) is 17.7 Å². The zero-order chi connectivity index (χ0) is 13.2. The normalized spacial score (nSPS) is 25.8. The average molecular weight is 311 g/mol. The number of carbonyl (C=O) groups is 1. The van der Waals surface area contributed by atoms with Gasteiger partial charge in [-0.05, 0) is 30.4 Å². The summed E-state index contributed by atoms with van der Waals surface area (Å²) in [6, 6.07) is 3.97. The summed E-state index contributed by atoms with van der Waals surface area (Å²) in [5.74, 6) is 0.0129. The van der Waals surface area contributed by atoms with E-state index in [4.69, 9.17) is 17.0 Å². The molecule has 0 aromatic carbocycles. The highest BCUT2D eigenvalue weighted by Gasteiger charge is 2.34. The first-order valence-electron chi connectivity index (χ1n) is 6.14. The van der Waals surface area contributed by atoms with Crippen LogP contribution in [0.3, 0.4) is 0 Å². The van der Waals surface area contributed by atoms with E-state index in [0.717, 1.165) is 24.3 Å². The highest BCUT2D eigenvalue weighted by Crippen LogP contribution is 2.34. The van der Waals surface area contributed by atoms with E-state index in [1.165, 1.54) is 11.8 Å². The topological polar surface area (TPSA) is 29.5 Å². The molecule has 2 fully saturated rings. The molecule has 2 saturated heterocycles. The summed E-state index contributed by atoms with van der Waals surface area (Å²) in [5, 5.41) is 2.00. The number of rotatable bonds is 3. The Labute approximate surface area is 125 Å². The molecule has 1 amide bonds. The monoisotopic (exact) mass is 311 g/mol. The minimum Gasteiger partial charge on any atom is -0.376 e. The molecule has 0 saturated carbocycles. The maximum absolute atomic E-state index is 12.3. The van der Waals surface area contributed by atoms with Gasteiger partial charge in [0.1, 0.15) is 4.32 Å². The molecule has 19 heavy (non-hydrogen) atoms. The third-order valence-corrected chi connectivity index (χ3v) is 5.30. The third-order valence-electron chi connectivity index (χ3n) is 3.10. The van der Waals surface area contributed by atoms with Crippen molar-refractivity contribution in [1.82, 2.24) is 4.90 Å².